The summed E-state index contributed by atoms with van der Waals surface area (Å²) in [4.78, 5) is 13.8. The van der Waals surface area contributed by atoms with Crippen molar-refractivity contribution in [3.63, 3.8) is 0 Å². The van der Waals surface area contributed by atoms with Gasteiger partial charge >= 0.3 is 0 Å². The fourth-order valence-corrected chi connectivity index (χ4v) is 1.40. The summed E-state index contributed by atoms with van der Waals surface area (Å²) in [6, 6.07) is 1.53. The number of hydrogen-bond donors (Lipinski definition) is 0. The van der Waals surface area contributed by atoms with Crippen molar-refractivity contribution in [2.24, 2.45) is 0 Å². The molecule has 0 aliphatic carbocycles. The minimum atomic E-state index is -0.440. The number of thioether (sulfide) groups is 1. The number of nitro groups is 1. The number of rotatable bonds is 2. The molecule has 0 saturated heterocycles. The van der Waals surface area contributed by atoms with Crippen molar-refractivity contribution in [2.45, 2.75) is 11.9 Å². The number of hydrogen-bond acceptors (Lipinski definition) is 4. The second-order valence-corrected chi connectivity index (χ2v) is 3.07. The van der Waals surface area contributed by atoms with Crippen molar-refractivity contribution in [1.82, 2.24) is 4.98 Å². The molecule has 0 radical (unpaired) electrons. The number of pyridine rings is 1. The molecule has 1 rings (SSSR count). The normalized spacial score (nSPS) is 9.83. The Bertz CT molecular complexity index is 314. The highest BCUT2D eigenvalue weighted by Crippen LogP contribution is 2.20. The van der Waals surface area contributed by atoms with Crippen LogP contribution < -0.4 is 0 Å². The predicted octanol–water partition coefficient (Wildman–Crippen LogP) is 2.02. The first-order valence-electron chi connectivity index (χ1n) is 3.30. The molecule has 0 unspecified atom stereocenters. The molecule has 0 aliphatic rings. The summed E-state index contributed by atoms with van der Waals surface area (Å²) in [6.45, 7) is 1.81. The molecule has 0 fully saturated rings. The van der Waals surface area contributed by atoms with Crippen LogP contribution in [0.3, 0.4) is 0 Å². The first kappa shape index (κ1) is 8.99. The molecule has 0 saturated carbocycles. The molecule has 0 spiro atoms. The minimum Gasteiger partial charge on any atom is -0.258 e. The maximum atomic E-state index is 10.3. The van der Waals surface area contributed by atoms with Gasteiger partial charge in [0.1, 0.15) is 6.20 Å². The van der Waals surface area contributed by atoms with Gasteiger partial charge in [0, 0.05) is 6.07 Å². The number of aromatic nitrogens is 1. The van der Waals surface area contributed by atoms with Crippen molar-refractivity contribution in [1.29, 1.82) is 0 Å². The lowest BCUT2D eigenvalue weighted by atomic mass is 10.3. The van der Waals surface area contributed by atoms with Crippen LogP contribution in [0.15, 0.2) is 17.3 Å². The zero-order chi connectivity index (χ0) is 9.14. The van der Waals surface area contributed by atoms with E-state index in [4.69, 9.17) is 0 Å². The molecule has 0 atom stereocenters. The van der Waals surface area contributed by atoms with Crippen molar-refractivity contribution in [2.75, 3.05) is 6.26 Å². The second kappa shape index (κ2) is 3.53. The average molecular weight is 184 g/mol. The van der Waals surface area contributed by atoms with Crippen molar-refractivity contribution < 1.29 is 4.92 Å². The summed E-state index contributed by atoms with van der Waals surface area (Å²) >= 11 is 1.48. The molecule has 64 valence electrons. The van der Waals surface area contributed by atoms with Gasteiger partial charge in [0.25, 0.3) is 5.69 Å². The molecule has 4 nitrogen and oxygen atoms in total. The predicted molar refractivity (Wildman–Crippen MR) is 47.4 cm³/mol. The van der Waals surface area contributed by atoms with Gasteiger partial charge < -0.3 is 0 Å². The molecule has 0 bridgehead atoms. The zero-order valence-corrected chi connectivity index (χ0v) is 7.59. The quantitative estimate of drug-likeness (QED) is 0.401. The van der Waals surface area contributed by atoms with Gasteiger partial charge in [-0.05, 0) is 18.7 Å². The second-order valence-electron chi connectivity index (χ2n) is 2.28. The first-order chi connectivity index (χ1) is 5.65. The molecule has 1 aromatic heterocycles. The third kappa shape index (κ3) is 1.73. The van der Waals surface area contributed by atoms with Gasteiger partial charge in [0.2, 0.25) is 0 Å². The Morgan fingerprint density at radius 2 is 2.33 bits per heavy atom. The Balaban J connectivity index is 3.10. The standard InChI is InChI=1S/C7H8N2O2S/c1-5-3-6(9(10)11)4-8-7(5)12-2/h3-4H,1-2H3. The fourth-order valence-electron chi connectivity index (χ4n) is 0.861. The molecule has 1 aromatic rings. The van der Waals surface area contributed by atoms with Crippen LogP contribution in [0, 0.1) is 17.0 Å². The van der Waals surface area contributed by atoms with Gasteiger partial charge in [0.15, 0.2) is 0 Å². The summed E-state index contributed by atoms with van der Waals surface area (Å²) < 4.78 is 0. The smallest absolute Gasteiger partial charge is 0.258 e. The highest BCUT2D eigenvalue weighted by atomic mass is 32.2. The highest BCUT2D eigenvalue weighted by molar-refractivity contribution is 7.98. The molecule has 0 aromatic carbocycles. The van der Waals surface area contributed by atoms with Crippen LogP contribution in [-0.4, -0.2) is 16.2 Å². The molecular weight excluding hydrogens is 176 g/mol. The van der Waals surface area contributed by atoms with Crippen molar-refractivity contribution in [3.8, 4) is 0 Å². The minimum absolute atomic E-state index is 0.0466. The summed E-state index contributed by atoms with van der Waals surface area (Å²) in [7, 11) is 0. The average Bonchev–Trinajstić information content (AvgIpc) is 2.04. The lowest BCUT2D eigenvalue weighted by Crippen LogP contribution is -1.91. The Kier molecular flexibility index (Phi) is 2.65. The van der Waals surface area contributed by atoms with E-state index in [9.17, 15) is 10.1 Å². The highest BCUT2D eigenvalue weighted by Gasteiger charge is 2.07. The van der Waals surface area contributed by atoms with E-state index in [-0.39, 0.29) is 5.69 Å². The Morgan fingerprint density at radius 1 is 1.67 bits per heavy atom. The molecule has 0 N–H and O–H groups in total. The van der Waals surface area contributed by atoms with E-state index in [2.05, 4.69) is 4.98 Å². The third-order valence-corrected chi connectivity index (χ3v) is 2.23. The van der Waals surface area contributed by atoms with E-state index in [1.807, 2.05) is 13.2 Å². The van der Waals surface area contributed by atoms with Crippen LogP contribution in [0.1, 0.15) is 5.56 Å². The van der Waals surface area contributed by atoms with E-state index in [1.165, 1.54) is 24.0 Å². The molecule has 5 heteroatoms. The monoisotopic (exact) mass is 184 g/mol. The van der Waals surface area contributed by atoms with E-state index in [0.29, 0.717) is 0 Å². The van der Waals surface area contributed by atoms with E-state index >= 15 is 0 Å². The Hall–Kier alpha value is -1.10. The molecule has 1 heterocycles. The molecule has 0 aliphatic heterocycles. The van der Waals surface area contributed by atoms with Crippen molar-refractivity contribution >= 4 is 17.4 Å². The molecular formula is C7H8N2O2S. The fraction of sp³-hybridized carbons (Fsp3) is 0.286. The van der Waals surface area contributed by atoms with Crippen LogP contribution in [0.5, 0.6) is 0 Å². The van der Waals surface area contributed by atoms with Crippen molar-refractivity contribution in [3.05, 3.63) is 27.9 Å². The summed E-state index contributed by atoms with van der Waals surface area (Å²) in [6.07, 6.45) is 3.17. The first-order valence-corrected chi connectivity index (χ1v) is 4.52. The van der Waals surface area contributed by atoms with E-state index < -0.39 is 4.92 Å². The van der Waals surface area contributed by atoms with Crippen LogP contribution in [0.4, 0.5) is 5.69 Å². The molecule has 12 heavy (non-hydrogen) atoms. The Morgan fingerprint density at radius 3 is 2.75 bits per heavy atom. The van der Waals surface area contributed by atoms with Gasteiger partial charge in [-0.15, -0.1) is 11.8 Å². The largest absolute Gasteiger partial charge is 0.287 e. The Labute approximate surface area is 74.2 Å². The van der Waals surface area contributed by atoms with Gasteiger partial charge in [0.05, 0.1) is 9.95 Å². The van der Waals surface area contributed by atoms with Gasteiger partial charge in [-0.25, -0.2) is 4.98 Å². The van der Waals surface area contributed by atoms with E-state index in [0.717, 1.165) is 10.6 Å². The van der Waals surface area contributed by atoms with Crippen LogP contribution in [0.25, 0.3) is 0 Å². The number of aryl methyl sites for hydroxylation is 1. The summed E-state index contributed by atoms with van der Waals surface area (Å²) in [5, 5.41) is 11.1. The van der Waals surface area contributed by atoms with Crippen LogP contribution >= 0.6 is 11.8 Å². The lowest BCUT2D eigenvalue weighted by molar-refractivity contribution is -0.385. The van der Waals surface area contributed by atoms with Crippen LogP contribution in [0.2, 0.25) is 0 Å². The van der Waals surface area contributed by atoms with Crippen LogP contribution in [-0.2, 0) is 0 Å². The number of nitrogens with zero attached hydrogens (tertiary/aromatic N) is 2. The van der Waals surface area contributed by atoms with E-state index in [1.54, 1.807) is 0 Å². The SMILES string of the molecule is CSc1ncc([N+](=O)[O-])cc1C. The molecule has 0 amide bonds. The zero-order valence-electron chi connectivity index (χ0n) is 6.77. The van der Waals surface area contributed by atoms with Gasteiger partial charge in [-0.1, -0.05) is 0 Å². The third-order valence-electron chi connectivity index (χ3n) is 1.42. The van der Waals surface area contributed by atoms with Gasteiger partial charge in [-0.2, -0.15) is 0 Å². The topological polar surface area (TPSA) is 56.0 Å². The summed E-state index contributed by atoms with van der Waals surface area (Å²) in [5.74, 6) is 0. The summed E-state index contributed by atoms with van der Waals surface area (Å²) in [5.41, 5.74) is 0.891. The lowest BCUT2D eigenvalue weighted by Gasteiger charge is -1.98. The maximum Gasteiger partial charge on any atom is 0.287 e. The maximum absolute atomic E-state index is 10.3. The van der Waals surface area contributed by atoms with Gasteiger partial charge in [-0.3, -0.25) is 10.1 Å².